The first-order valence-corrected chi connectivity index (χ1v) is 5.48. The average molecular weight is 248 g/mol. The van der Waals surface area contributed by atoms with Crippen LogP contribution < -0.4 is 0 Å². The van der Waals surface area contributed by atoms with Crippen molar-refractivity contribution < 1.29 is 14.5 Å². The molecule has 2 aromatic rings. The largest absolute Gasteiger partial charge is 0.462 e. The molecule has 2 heterocycles. The third-order valence-electron chi connectivity index (χ3n) is 2.64. The Morgan fingerprint density at radius 1 is 1.56 bits per heavy atom. The van der Waals surface area contributed by atoms with Crippen molar-refractivity contribution >= 4 is 17.2 Å². The molecular weight excluding hydrogens is 236 g/mol. The quantitative estimate of drug-likeness (QED) is 0.474. The summed E-state index contributed by atoms with van der Waals surface area (Å²) in [5.41, 5.74) is 1.08. The van der Waals surface area contributed by atoms with E-state index in [9.17, 15) is 14.9 Å². The second-order valence-electron chi connectivity index (χ2n) is 3.81. The van der Waals surface area contributed by atoms with E-state index in [0.717, 1.165) is 0 Å². The van der Waals surface area contributed by atoms with Gasteiger partial charge in [0.25, 0.3) is 5.69 Å². The first-order chi connectivity index (χ1) is 8.56. The summed E-state index contributed by atoms with van der Waals surface area (Å²) in [6.45, 7) is 3.65. The van der Waals surface area contributed by atoms with E-state index >= 15 is 0 Å². The molecule has 94 valence electrons. The molecule has 2 rings (SSSR count). The lowest BCUT2D eigenvalue weighted by atomic mass is 10.1. The normalized spacial score (nSPS) is 10.6. The van der Waals surface area contributed by atoms with E-state index < -0.39 is 10.9 Å². The minimum absolute atomic E-state index is 0.103. The van der Waals surface area contributed by atoms with E-state index in [0.29, 0.717) is 5.56 Å². The van der Waals surface area contributed by atoms with Crippen LogP contribution in [0.3, 0.4) is 0 Å². The summed E-state index contributed by atoms with van der Waals surface area (Å²) in [7, 11) is 0. The lowest BCUT2D eigenvalue weighted by molar-refractivity contribution is -0.383. The van der Waals surface area contributed by atoms with Crippen molar-refractivity contribution in [3.63, 3.8) is 0 Å². The van der Waals surface area contributed by atoms with Crippen molar-refractivity contribution in [3.05, 3.63) is 45.8 Å². The highest BCUT2D eigenvalue weighted by Crippen LogP contribution is 2.27. The Labute approximate surface area is 103 Å². The molecular formula is C12H12N2O4. The number of hydrogen-bond acceptors (Lipinski definition) is 4. The average Bonchev–Trinajstić information content (AvgIpc) is 2.64. The second kappa shape index (κ2) is 4.48. The number of aryl methyl sites for hydroxylation is 1. The van der Waals surface area contributed by atoms with Gasteiger partial charge in [-0.1, -0.05) is 0 Å². The lowest BCUT2D eigenvalue weighted by Crippen LogP contribution is -2.06. The van der Waals surface area contributed by atoms with Gasteiger partial charge >= 0.3 is 5.97 Å². The first-order valence-electron chi connectivity index (χ1n) is 5.48. The fraction of sp³-hybridized carbons (Fsp3) is 0.250. The molecule has 0 saturated heterocycles. The topological polar surface area (TPSA) is 73.8 Å². The fourth-order valence-corrected chi connectivity index (χ4v) is 1.95. The molecule has 0 atom stereocenters. The number of hydrogen-bond donors (Lipinski definition) is 0. The van der Waals surface area contributed by atoms with Crippen LogP contribution in [0.15, 0.2) is 24.5 Å². The van der Waals surface area contributed by atoms with Crippen LogP contribution in [0.25, 0.3) is 5.52 Å². The molecule has 0 aliphatic heterocycles. The minimum Gasteiger partial charge on any atom is -0.462 e. The molecule has 0 aliphatic carbocycles. The van der Waals surface area contributed by atoms with Crippen LogP contribution >= 0.6 is 0 Å². The Kier molecular flexibility index (Phi) is 3.01. The standard InChI is InChI=1S/C12H12N2O4/c1-3-18-12(15)10-8(2)7-13-6-4-5-9(11(10)13)14(16)17/h4-7H,3H2,1-2H3. The Bertz CT molecular complexity index is 630. The van der Waals surface area contributed by atoms with E-state index in [-0.39, 0.29) is 23.4 Å². The van der Waals surface area contributed by atoms with Crippen molar-refractivity contribution in [2.24, 2.45) is 0 Å². The van der Waals surface area contributed by atoms with Gasteiger partial charge in [0.2, 0.25) is 0 Å². The summed E-state index contributed by atoms with van der Waals surface area (Å²) < 4.78 is 6.50. The molecule has 0 amide bonds. The Hall–Kier alpha value is -2.37. The van der Waals surface area contributed by atoms with Crippen molar-refractivity contribution in [1.29, 1.82) is 0 Å². The zero-order valence-corrected chi connectivity index (χ0v) is 10.0. The minimum atomic E-state index is -0.535. The van der Waals surface area contributed by atoms with Gasteiger partial charge in [-0.25, -0.2) is 4.79 Å². The summed E-state index contributed by atoms with van der Waals surface area (Å²) in [6, 6.07) is 2.94. The number of rotatable bonds is 3. The fourth-order valence-electron chi connectivity index (χ4n) is 1.95. The molecule has 0 radical (unpaired) electrons. The van der Waals surface area contributed by atoms with Gasteiger partial charge in [-0.05, 0) is 25.5 Å². The van der Waals surface area contributed by atoms with Crippen molar-refractivity contribution in [1.82, 2.24) is 4.40 Å². The Balaban J connectivity index is 2.75. The number of ether oxygens (including phenoxy) is 1. The van der Waals surface area contributed by atoms with E-state index in [2.05, 4.69) is 0 Å². The van der Waals surface area contributed by atoms with Crippen LogP contribution in [-0.2, 0) is 4.74 Å². The van der Waals surface area contributed by atoms with Crippen LogP contribution in [-0.4, -0.2) is 21.9 Å². The van der Waals surface area contributed by atoms with Crippen LogP contribution in [0.2, 0.25) is 0 Å². The number of nitro groups is 1. The van der Waals surface area contributed by atoms with Crippen LogP contribution in [0.4, 0.5) is 5.69 Å². The van der Waals surface area contributed by atoms with E-state index in [1.807, 2.05) is 0 Å². The highest BCUT2D eigenvalue weighted by Gasteiger charge is 2.23. The molecule has 0 fully saturated rings. The number of pyridine rings is 1. The van der Waals surface area contributed by atoms with Gasteiger partial charge in [0.15, 0.2) is 0 Å². The molecule has 0 aliphatic rings. The summed E-state index contributed by atoms with van der Waals surface area (Å²) in [5.74, 6) is -0.535. The number of fused-ring (bicyclic) bond motifs is 1. The molecule has 0 aromatic carbocycles. The van der Waals surface area contributed by atoms with Gasteiger partial charge in [-0.2, -0.15) is 0 Å². The maximum Gasteiger partial charge on any atom is 0.340 e. The summed E-state index contributed by atoms with van der Waals surface area (Å²) in [6.07, 6.45) is 3.34. The molecule has 6 heteroatoms. The Morgan fingerprint density at radius 3 is 2.89 bits per heavy atom. The van der Waals surface area contributed by atoms with Crippen molar-refractivity contribution in [2.45, 2.75) is 13.8 Å². The molecule has 2 aromatic heterocycles. The van der Waals surface area contributed by atoms with Gasteiger partial charge in [0.1, 0.15) is 5.52 Å². The smallest absolute Gasteiger partial charge is 0.340 e. The molecule has 18 heavy (non-hydrogen) atoms. The molecule has 0 unspecified atom stereocenters. The summed E-state index contributed by atoms with van der Waals surface area (Å²) in [4.78, 5) is 22.4. The molecule has 0 spiro atoms. The van der Waals surface area contributed by atoms with Gasteiger partial charge in [0.05, 0.1) is 17.1 Å². The maximum atomic E-state index is 11.9. The highest BCUT2D eigenvalue weighted by atomic mass is 16.6. The van der Waals surface area contributed by atoms with Gasteiger partial charge in [-0.15, -0.1) is 0 Å². The molecule has 0 saturated carbocycles. The monoisotopic (exact) mass is 248 g/mol. The maximum absolute atomic E-state index is 11.9. The second-order valence-corrected chi connectivity index (χ2v) is 3.81. The molecule has 6 nitrogen and oxygen atoms in total. The predicted molar refractivity (Wildman–Crippen MR) is 64.7 cm³/mol. The predicted octanol–water partition coefficient (Wildman–Crippen LogP) is 2.33. The van der Waals surface area contributed by atoms with E-state index in [1.165, 1.54) is 6.07 Å². The number of carbonyl (C=O) groups is 1. The molecule has 0 N–H and O–H groups in total. The van der Waals surface area contributed by atoms with E-state index in [4.69, 9.17) is 4.74 Å². The van der Waals surface area contributed by atoms with Crippen LogP contribution in [0.1, 0.15) is 22.8 Å². The number of esters is 1. The van der Waals surface area contributed by atoms with Crippen molar-refractivity contribution in [2.75, 3.05) is 6.61 Å². The van der Waals surface area contributed by atoms with Gasteiger partial charge in [0, 0.05) is 18.5 Å². The number of carbonyl (C=O) groups excluding carboxylic acids is 1. The van der Waals surface area contributed by atoms with Gasteiger partial charge in [-0.3, -0.25) is 10.1 Å². The first kappa shape index (κ1) is 12.1. The van der Waals surface area contributed by atoms with Crippen LogP contribution in [0, 0.1) is 17.0 Å². The lowest BCUT2D eigenvalue weighted by Gasteiger charge is -2.02. The van der Waals surface area contributed by atoms with E-state index in [1.54, 1.807) is 36.7 Å². The van der Waals surface area contributed by atoms with Gasteiger partial charge < -0.3 is 9.14 Å². The SMILES string of the molecule is CCOC(=O)c1c(C)cn2cccc([N+](=O)[O-])c12. The summed E-state index contributed by atoms with van der Waals surface area (Å²) in [5, 5.41) is 11.0. The zero-order chi connectivity index (χ0) is 13.3. The molecule has 0 bridgehead atoms. The Morgan fingerprint density at radius 2 is 2.28 bits per heavy atom. The third-order valence-corrected chi connectivity index (χ3v) is 2.64. The van der Waals surface area contributed by atoms with Crippen molar-refractivity contribution in [3.8, 4) is 0 Å². The third kappa shape index (κ3) is 1.81. The summed E-state index contributed by atoms with van der Waals surface area (Å²) >= 11 is 0. The zero-order valence-electron chi connectivity index (χ0n) is 10.0. The highest BCUT2D eigenvalue weighted by molar-refractivity contribution is 6.01. The number of aromatic nitrogens is 1. The number of nitrogens with zero attached hydrogens (tertiary/aromatic N) is 2. The van der Waals surface area contributed by atoms with Crippen LogP contribution in [0.5, 0.6) is 0 Å².